The van der Waals surface area contributed by atoms with Crippen molar-refractivity contribution in [1.82, 2.24) is 30.0 Å². The molecule has 31 heavy (non-hydrogen) atoms. The monoisotopic (exact) mass is 428 g/mol. The number of fused-ring (bicyclic) bond motifs is 1. The van der Waals surface area contributed by atoms with E-state index in [9.17, 15) is 9.18 Å². The largest absolute Gasteiger partial charge is 0.491 e. The topological polar surface area (TPSA) is 119 Å². The molecule has 0 aliphatic carbocycles. The molecule has 0 radical (unpaired) electrons. The summed E-state index contributed by atoms with van der Waals surface area (Å²) in [6.07, 6.45) is 4.95. The third kappa shape index (κ3) is 3.80. The van der Waals surface area contributed by atoms with Gasteiger partial charge in [0.25, 0.3) is 5.91 Å². The number of amides is 1. The normalized spacial score (nSPS) is 14.4. The molecule has 0 aromatic carbocycles. The molecule has 4 aromatic heterocycles. The molecule has 0 spiro atoms. The lowest BCUT2D eigenvalue weighted by atomic mass is 10.2. The minimum absolute atomic E-state index is 0.0137. The van der Waals surface area contributed by atoms with E-state index in [1.807, 2.05) is 5.32 Å². The number of nitrogens with one attached hydrogen (secondary N) is 3. The highest BCUT2D eigenvalue weighted by Gasteiger charge is 2.20. The minimum atomic E-state index is -2.82. The Bertz CT molecular complexity index is 1460. The lowest BCUT2D eigenvalue weighted by Gasteiger charge is -2.16. The molecule has 0 bridgehead atoms. The van der Waals surface area contributed by atoms with Crippen molar-refractivity contribution in [3.8, 4) is 5.75 Å². The van der Waals surface area contributed by atoms with Gasteiger partial charge < -0.3 is 20.7 Å². The summed E-state index contributed by atoms with van der Waals surface area (Å²) in [4.78, 5) is 25.3. The van der Waals surface area contributed by atoms with E-state index in [0.29, 0.717) is 5.39 Å². The summed E-state index contributed by atoms with van der Waals surface area (Å²) in [6, 6.07) is 3.82. The molecule has 4 aromatic rings. The van der Waals surface area contributed by atoms with Crippen LogP contribution in [-0.2, 0) is 6.98 Å². The maximum Gasteiger partial charge on any atom is 0.256 e. The molecule has 0 unspecified atom stereocenters. The predicted octanol–water partition coefficient (Wildman–Crippen LogP) is 2.75. The second-order valence-electron chi connectivity index (χ2n) is 6.15. The van der Waals surface area contributed by atoms with Gasteiger partial charge in [-0.25, -0.2) is 19.3 Å². The smallest absolute Gasteiger partial charge is 0.256 e. The zero-order chi connectivity index (χ0) is 27.0. The molecule has 0 fully saturated rings. The Labute approximate surface area is 184 Å². The van der Waals surface area contributed by atoms with E-state index < -0.39 is 25.7 Å². The van der Waals surface area contributed by atoms with Gasteiger partial charge in [-0.3, -0.25) is 9.48 Å². The number of pyridine rings is 3. The van der Waals surface area contributed by atoms with Crippen molar-refractivity contribution < 1.29 is 22.1 Å². The van der Waals surface area contributed by atoms with E-state index in [4.69, 9.17) is 13.0 Å². The number of halogens is 1. The SMILES string of the molecule is [2H]C([2H])([2H])NC(=O)c1c(Nc2ncc3cnn(C([2H])([2H])[2H])c3c2OC)ccnc1Nc1ccc(F)cn1. The first-order valence-electron chi connectivity index (χ1n) is 11.8. The van der Waals surface area contributed by atoms with E-state index in [2.05, 4.69) is 30.7 Å². The van der Waals surface area contributed by atoms with Crippen molar-refractivity contribution in [1.29, 1.82) is 0 Å². The van der Waals surface area contributed by atoms with E-state index >= 15 is 0 Å². The first-order chi connectivity index (χ1) is 17.4. The Balaban J connectivity index is 1.83. The van der Waals surface area contributed by atoms with Gasteiger partial charge in [0.2, 0.25) is 0 Å². The summed E-state index contributed by atoms with van der Waals surface area (Å²) in [6.45, 7) is -5.44. The molecular weight excluding hydrogens is 403 g/mol. The Kier molecular flexibility index (Phi) is 3.67. The lowest BCUT2D eigenvalue weighted by Crippen LogP contribution is -2.21. The van der Waals surface area contributed by atoms with Crippen molar-refractivity contribution in [2.24, 2.45) is 6.98 Å². The highest BCUT2D eigenvalue weighted by molar-refractivity contribution is 6.05. The molecular formula is C20H19FN8O2. The number of anilines is 4. The van der Waals surface area contributed by atoms with Crippen molar-refractivity contribution in [3.05, 3.63) is 54.4 Å². The zero-order valence-electron chi connectivity index (χ0n) is 22.0. The van der Waals surface area contributed by atoms with Crippen LogP contribution in [0.2, 0.25) is 0 Å². The van der Waals surface area contributed by atoms with Crippen LogP contribution in [0, 0.1) is 5.82 Å². The molecule has 0 saturated carbocycles. The van der Waals surface area contributed by atoms with Gasteiger partial charge in [-0.1, -0.05) is 0 Å². The number of nitrogens with zero attached hydrogens (tertiary/aromatic N) is 5. The Morgan fingerprint density at radius 1 is 1.13 bits per heavy atom. The van der Waals surface area contributed by atoms with Gasteiger partial charge in [0.1, 0.15) is 28.5 Å². The van der Waals surface area contributed by atoms with Crippen molar-refractivity contribution >= 4 is 40.0 Å². The van der Waals surface area contributed by atoms with Crippen LogP contribution in [0.3, 0.4) is 0 Å². The molecule has 10 nitrogen and oxygen atoms in total. The quantitative estimate of drug-likeness (QED) is 0.429. The summed E-state index contributed by atoms with van der Waals surface area (Å²) in [5.41, 5.74) is -0.0686. The molecule has 0 atom stereocenters. The van der Waals surface area contributed by atoms with Gasteiger partial charge in [0, 0.05) is 40.0 Å². The van der Waals surface area contributed by atoms with Gasteiger partial charge in [0.15, 0.2) is 11.6 Å². The summed E-state index contributed by atoms with van der Waals surface area (Å²) >= 11 is 0. The molecule has 0 saturated heterocycles. The average molecular weight is 428 g/mol. The number of carbonyl (C=O) groups is 1. The van der Waals surface area contributed by atoms with Crippen molar-refractivity contribution in [3.63, 3.8) is 0 Å². The number of rotatable bonds is 6. The highest BCUT2D eigenvalue weighted by atomic mass is 19.1. The second-order valence-corrected chi connectivity index (χ2v) is 6.15. The summed E-state index contributed by atoms with van der Waals surface area (Å²) in [7, 11) is 1.31. The first-order valence-corrected chi connectivity index (χ1v) is 8.76. The number of methoxy groups -OCH3 is 1. The fraction of sp³-hybridized carbons (Fsp3) is 0.150. The number of aromatic nitrogens is 5. The standard InChI is InChI=1S/C20H19FN8O2/c1-22-20(30)15-13(6-7-23-18(15)28-14-5-4-12(21)10-24-14)27-19-17(31-3)16-11(8-25-19)9-26-29(16)2/h4-10H,1-3H3,(H,22,30)(H2,23,24,25,27,28)/i1D3,2D3. The fourth-order valence-electron chi connectivity index (χ4n) is 2.92. The molecule has 4 heterocycles. The zero-order valence-corrected chi connectivity index (χ0v) is 16.0. The van der Waals surface area contributed by atoms with E-state index in [1.54, 1.807) is 0 Å². The summed E-state index contributed by atoms with van der Waals surface area (Å²) < 4.78 is 65.0. The number of hydrogen-bond donors (Lipinski definition) is 3. The molecule has 1 amide bonds. The molecule has 0 aliphatic rings. The fourth-order valence-corrected chi connectivity index (χ4v) is 2.92. The van der Waals surface area contributed by atoms with Crippen LogP contribution in [0.1, 0.15) is 18.6 Å². The number of carbonyl (C=O) groups excluding carboxylic acids is 1. The van der Waals surface area contributed by atoms with Gasteiger partial charge in [-0.05, 0) is 18.2 Å². The summed E-state index contributed by atoms with van der Waals surface area (Å²) in [5, 5.41) is 11.8. The maximum atomic E-state index is 13.3. The third-order valence-electron chi connectivity index (χ3n) is 4.28. The van der Waals surface area contributed by atoms with Crippen molar-refractivity contribution in [2.75, 3.05) is 24.7 Å². The van der Waals surface area contributed by atoms with Crippen molar-refractivity contribution in [2.45, 2.75) is 0 Å². The molecule has 158 valence electrons. The van der Waals surface area contributed by atoms with Crippen LogP contribution in [0.25, 0.3) is 10.9 Å². The summed E-state index contributed by atoms with van der Waals surface area (Å²) in [5.74, 6) is -1.54. The van der Waals surface area contributed by atoms with Crippen LogP contribution < -0.4 is 20.7 Å². The lowest BCUT2D eigenvalue weighted by molar-refractivity contribution is 0.0964. The first kappa shape index (κ1) is 13.9. The van der Waals surface area contributed by atoms with Crippen LogP contribution in [0.4, 0.5) is 27.5 Å². The molecule has 11 heteroatoms. The highest BCUT2D eigenvalue weighted by Crippen LogP contribution is 2.35. The van der Waals surface area contributed by atoms with Crippen LogP contribution in [0.15, 0.2) is 43.0 Å². The Hall–Kier alpha value is -4.28. The molecule has 0 aliphatic heterocycles. The number of aryl methyl sites for hydroxylation is 1. The predicted molar refractivity (Wildman–Crippen MR) is 113 cm³/mol. The number of hydrogen-bond acceptors (Lipinski definition) is 8. The minimum Gasteiger partial charge on any atom is -0.491 e. The molecule has 3 N–H and O–H groups in total. The van der Waals surface area contributed by atoms with E-state index in [1.165, 1.54) is 37.8 Å². The average Bonchev–Trinajstić information content (AvgIpc) is 3.24. The van der Waals surface area contributed by atoms with Crippen LogP contribution in [-0.4, -0.2) is 44.7 Å². The van der Waals surface area contributed by atoms with E-state index in [-0.39, 0.29) is 40.0 Å². The van der Waals surface area contributed by atoms with E-state index in [0.717, 1.165) is 16.9 Å². The van der Waals surface area contributed by atoms with Crippen LogP contribution >= 0.6 is 0 Å². The van der Waals surface area contributed by atoms with Gasteiger partial charge in [0.05, 0.1) is 25.2 Å². The molecule has 4 rings (SSSR count). The van der Waals surface area contributed by atoms with Gasteiger partial charge in [-0.2, -0.15) is 5.10 Å². The third-order valence-corrected chi connectivity index (χ3v) is 4.28. The van der Waals surface area contributed by atoms with Gasteiger partial charge >= 0.3 is 0 Å². The van der Waals surface area contributed by atoms with Crippen LogP contribution in [0.5, 0.6) is 5.75 Å². The Morgan fingerprint density at radius 3 is 2.77 bits per heavy atom. The van der Waals surface area contributed by atoms with Gasteiger partial charge in [-0.15, -0.1) is 0 Å². The second kappa shape index (κ2) is 8.22. The Morgan fingerprint density at radius 2 is 2.03 bits per heavy atom. The number of ether oxygens (including phenoxy) is 1. The maximum absolute atomic E-state index is 13.3.